The zero-order valence-corrected chi connectivity index (χ0v) is 10.9. The summed E-state index contributed by atoms with van der Waals surface area (Å²) in [4.78, 5) is 0. The maximum atomic E-state index is 14.1. The third-order valence-corrected chi connectivity index (χ3v) is 3.90. The van der Waals surface area contributed by atoms with Crippen LogP contribution in [0.4, 0.5) is 13.2 Å². The highest BCUT2D eigenvalue weighted by molar-refractivity contribution is 5.72. The Morgan fingerprint density at radius 2 is 2.10 bits per heavy atom. The van der Waals surface area contributed by atoms with Gasteiger partial charge in [0.2, 0.25) is 0 Å². The van der Waals surface area contributed by atoms with Crippen molar-refractivity contribution in [1.82, 2.24) is 5.32 Å². The van der Waals surface area contributed by atoms with E-state index in [9.17, 15) is 13.2 Å². The summed E-state index contributed by atoms with van der Waals surface area (Å²) in [6.45, 7) is -2.95. The maximum Gasteiger partial charge on any atom is 0.387 e. The average Bonchev–Trinajstić information content (AvgIpc) is 2.37. The van der Waals surface area contributed by atoms with Crippen LogP contribution in [0.25, 0.3) is 5.57 Å². The molecule has 0 radical (unpaired) electrons. The molecule has 1 fully saturated rings. The molecule has 0 aliphatic carbocycles. The highest BCUT2D eigenvalue weighted by Gasteiger charge is 2.28. The van der Waals surface area contributed by atoms with Gasteiger partial charge in [0, 0.05) is 12.1 Å². The lowest BCUT2D eigenvalue weighted by molar-refractivity contribution is -0.0502. The molecule has 2 nitrogen and oxygen atoms in total. The molecule has 1 aromatic carbocycles. The number of rotatable bonds is 3. The van der Waals surface area contributed by atoms with Crippen molar-refractivity contribution in [3.8, 4) is 5.75 Å². The summed E-state index contributed by atoms with van der Waals surface area (Å²) in [5, 5.41) is 3.44. The van der Waals surface area contributed by atoms with Crippen molar-refractivity contribution in [3.05, 3.63) is 35.7 Å². The number of ether oxygens (including phenoxy) is 1. The van der Waals surface area contributed by atoms with Crippen molar-refractivity contribution in [3.63, 3.8) is 0 Å². The van der Waals surface area contributed by atoms with Gasteiger partial charge in [0.05, 0.1) is 5.56 Å². The van der Waals surface area contributed by atoms with E-state index in [4.69, 9.17) is 0 Å². The van der Waals surface area contributed by atoms with E-state index in [0.29, 0.717) is 12.5 Å². The SMILES string of the molecule is Fc1cccc(OC(F)F)c1C1=CC2CCCC(C1)N2. The maximum absolute atomic E-state index is 14.1. The van der Waals surface area contributed by atoms with Gasteiger partial charge in [-0.2, -0.15) is 8.78 Å². The van der Waals surface area contributed by atoms with Crippen molar-refractivity contribution < 1.29 is 17.9 Å². The highest BCUT2D eigenvalue weighted by Crippen LogP contribution is 2.37. The molecule has 2 heterocycles. The summed E-state index contributed by atoms with van der Waals surface area (Å²) in [5.41, 5.74) is 0.957. The van der Waals surface area contributed by atoms with E-state index in [1.165, 1.54) is 18.2 Å². The molecule has 0 spiro atoms. The van der Waals surface area contributed by atoms with Crippen LogP contribution in [-0.2, 0) is 0 Å². The van der Waals surface area contributed by atoms with Gasteiger partial charge in [-0.1, -0.05) is 18.6 Å². The Kier molecular flexibility index (Phi) is 3.70. The standard InChI is InChI=1S/C15H16F3NO/c16-12-5-2-6-13(20-15(17)18)14(12)9-7-10-3-1-4-11(8-9)19-10/h2,5-7,10-11,15,19H,1,3-4,8H2. The molecule has 0 aromatic heterocycles. The predicted molar refractivity (Wildman–Crippen MR) is 70.2 cm³/mol. The largest absolute Gasteiger partial charge is 0.434 e. The molecule has 108 valence electrons. The molecular weight excluding hydrogens is 267 g/mol. The van der Waals surface area contributed by atoms with Gasteiger partial charge in [0.25, 0.3) is 0 Å². The number of alkyl halides is 2. The minimum absolute atomic E-state index is 0.0776. The van der Waals surface area contributed by atoms with E-state index in [1.807, 2.05) is 6.08 Å². The molecule has 1 aromatic rings. The van der Waals surface area contributed by atoms with Gasteiger partial charge in [0.1, 0.15) is 11.6 Å². The van der Waals surface area contributed by atoms with Gasteiger partial charge in [-0.25, -0.2) is 4.39 Å². The topological polar surface area (TPSA) is 21.3 Å². The second kappa shape index (κ2) is 5.48. The summed E-state index contributed by atoms with van der Waals surface area (Å²) >= 11 is 0. The van der Waals surface area contributed by atoms with Crippen LogP contribution >= 0.6 is 0 Å². The number of hydrogen-bond donors (Lipinski definition) is 1. The Labute approximate surface area is 115 Å². The van der Waals surface area contributed by atoms with Gasteiger partial charge in [-0.3, -0.25) is 0 Å². The fraction of sp³-hybridized carbons (Fsp3) is 0.467. The molecule has 1 N–H and O–H groups in total. The van der Waals surface area contributed by atoms with Gasteiger partial charge >= 0.3 is 6.61 Å². The molecule has 2 aliphatic rings. The number of piperidine rings is 1. The van der Waals surface area contributed by atoms with Crippen molar-refractivity contribution in [2.24, 2.45) is 0 Å². The lowest BCUT2D eigenvalue weighted by Gasteiger charge is -2.35. The van der Waals surface area contributed by atoms with Crippen LogP contribution in [0.5, 0.6) is 5.75 Å². The van der Waals surface area contributed by atoms with E-state index in [-0.39, 0.29) is 17.4 Å². The van der Waals surface area contributed by atoms with Crippen LogP contribution < -0.4 is 10.1 Å². The summed E-state index contributed by atoms with van der Waals surface area (Å²) < 4.78 is 43.4. The van der Waals surface area contributed by atoms with E-state index >= 15 is 0 Å². The van der Waals surface area contributed by atoms with Gasteiger partial charge in [0.15, 0.2) is 0 Å². The molecule has 20 heavy (non-hydrogen) atoms. The van der Waals surface area contributed by atoms with Crippen molar-refractivity contribution in [1.29, 1.82) is 0 Å². The highest BCUT2D eigenvalue weighted by atomic mass is 19.3. The Hall–Kier alpha value is -1.49. The number of fused-ring (bicyclic) bond motifs is 2. The van der Waals surface area contributed by atoms with E-state index in [2.05, 4.69) is 10.1 Å². The van der Waals surface area contributed by atoms with Crippen LogP contribution in [0.3, 0.4) is 0 Å². The number of halogens is 3. The average molecular weight is 283 g/mol. The minimum Gasteiger partial charge on any atom is -0.434 e. The Morgan fingerprint density at radius 3 is 2.85 bits per heavy atom. The molecule has 3 rings (SSSR count). The Bertz CT molecular complexity index is 530. The summed E-state index contributed by atoms with van der Waals surface area (Å²) in [6, 6.07) is 4.57. The molecular formula is C15H16F3NO. The van der Waals surface area contributed by atoms with Gasteiger partial charge in [-0.05, 0) is 37.0 Å². The third kappa shape index (κ3) is 2.68. The molecule has 2 bridgehead atoms. The van der Waals surface area contributed by atoms with Crippen LogP contribution in [0.2, 0.25) is 0 Å². The van der Waals surface area contributed by atoms with Crippen LogP contribution in [0.15, 0.2) is 24.3 Å². The van der Waals surface area contributed by atoms with Crippen molar-refractivity contribution >= 4 is 5.57 Å². The van der Waals surface area contributed by atoms with Crippen molar-refractivity contribution in [2.45, 2.75) is 44.4 Å². The summed E-state index contributed by atoms with van der Waals surface area (Å²) in [5.74, 6) is -0.583. The van der Waals surface area contributed by atoms with Crippen LogP contribution in [0, 0.1) is 5.82 Å². The first kappa shape index (κ1) is 13.5. The first-order chi connectivity index (χ1) is 9.63. The van der Waals surface area contributed by atoms with Crippen molar-refractivity contribution in [2.75, 3.05) is 0 Å². The number of benzene rings is 1. The predicted octanol–water partition coefficient (Wildman–Crippen LogP) is 3.72. The lowest BCUT2D eigenvalue weighted by Crippen LogP contribution is -2.44. The fourth-order valence-corrected chi connectivity index (χ4v) is 3.12. The second-order valence-corrected chi connectivity index (χ2v) is 5.29. The van der Waals surface area contributed by atoms with Gasteiger partial charge in [-0.15, -0.1) is 0 Å². The minimum atomic E-state index is -2.95. The normalized spacial score (nSPS) is 25.5. The summed E-state index contributed by atoms with van der Waals surface area (Å²) in [6.07, 6.45) is 5.78. The zero-order chi connectivity index (χ0) is 14.1. The number of nitrogens with one attached hydrogen (secondary N) is 1. The monoisotopic (exact) mass is 283 g/mol. The van der Waals surface area contributed by atoms with Gasteiger partial charge < -0.3 is 10.1 Å². The van der Waals surface area contributed by atoms with Crippen LogP contribution in [0.1, 0.15) is 31.2 Å². The van der Waals surface area contributed by atoms with E-state index in [0.717, 1.165) is 24.8 Å². The molecule has 1 saturated heterocycles. The molecule has 2 atom stereocenters. The Morgan fingerprint density at radius 1 is 1.25 bits per heavy atom. The zero-order valence-electron chi connectivity index (χ0n) is 10.9. The molecule has 2 unspecified atom stereocenters. The lowest BCUT2D eigenvalue weighted by atomic mass is 9.84. The fourth-order valence-electron chi connectivity index (χ4n) is 3.12. The first-order valence-electron chi connectivity index (χ1n) is 6.84. The smallest absolute Gasteiger partial charge is 0.387 e. The molecule has 0 saturated carbocycles. The van der Waals surface area contributed by atoms with E-state index < -0.39 is 12.4 Å². The molecule has 0 amide bonds. The van der Waals surface area contributed by atoms with Crippen LogP contribution in [-0.4, -0.2) is 18.7 Å². The summed E-state index contributed by atoms with van der Waals surface area (Å²) in [7, 11) is 0. The molecule has 2 aliphatic heterocycles. The Balaban J connectivity index is 1.98. The number of hydrogen-bond acceptors (Lipinski definition) is 2. The van der Waals surface area contributed by atoms with E-state index in [1.54, 1.807) is 0 Å². The molecule has 5 heteroatoms. The quantitative estimate of drug-likeness (QED) is 0.912. The second-order valence-electron chi connectivity index (χ2n) is 5.29. The first-order valence-corrected chi connectivity index (χ1v) is 6.84. The third-order valence-electron chi connectivity index (χ3n) is 3.90.